The molecule has 0 saturated heterocycles. The van der Waals surface area contributed by atoms with Crippen molar-refractivity contribution in [3.05, 3.63) is 44.9 Å². The molecule has 21 heavy (non-hydrogen) atoms. The average Bonchev–Trinajstić information content (AvgIpc) is 2.83. The number of ether oxygens (including phenoxy) is 1. The Labute approximate surface area is 138 Å². The van der Waals surface area contributed by atoms with Crippen LogP contribution in [0.2, 0.25) is 0 Å². The van der Waals surface area contributed by atoms with Crippen LogP contribution in [0.25, 0.3) is 0 Å². The zero-order chi connectivity index (χ0) is 15.2. The molecule has 1 N–H and O–H groups in total. The van der Waals surface area contributed by atoms with Crippen LogP contribution in [0, 0.1) is 0 Å². The molecule has 0 atom stereocenters. The first kappa shape index (κ1) is 16.4. The average molecular weight is 370 g/mol. The van der Waals surface area contributed by atoms with Gasteiger partial charge in [0.1, 0.15) is 0 Å². The van der Waals surface area contributed by atoms with Crippen LogP contribution in [0.3, 0.4) is 0 Å². The Bertz CT molecular complexity index is 565. The third-order valence-electron chi connectivity index (χ3n) is 3.02. The minimum atomic E-state index is 0.554. The van der Waals surface area contributed by atoms with E-state index >= 15 is 0 Å². The van der Waals surface area contributed by atoms with Gasteiger partial charge in [-0.2, -0.15) is 0 Å². The summed E-state index contributed by atoms with van der Waals surface area (Å²) in [5, 5.41) is 4.20. The van der Waals surface area contributed by atoms with Gasteiger partial charge in [0.25, 0.3) is 0 Å². The molecule has 0 aliphatic heterocycles. The van der Waals surface area contributed by atoms with Crippen LogP contribution in [0.1, 0.15) is 16.1 Å². The van der Waals surface area contributed by atoms with E-state index in [4.69, 9.17) is 9.72 Å². The van der Waals surface area contributed by atoms with Crippen LogP contribution in [-0.4, -0.2) is 26.2 Å². The first-order valence-corrected chi connectivity index (χ1v) is 8.32. The molecule has 114 valence electrons. The normalized spacial score (nSPS) is 10.9. The Hall–Kier alpha value is -0.950. The van der Waals surface area contributed by atoms with Crippen molar-refractivity contribution < 1.29 is 4.74 Å². The highest BCUT2D eigenvalue weighted by molar-refractivity contribution is 9.10. The highest BCUT2D eigenvalue weighted by Crippen LogP contribution is 2.27. The summed E-state index contributed by atoms with van der Waals surface area (Å²) in [6.07, 6.45) is 0. The maximum atomic E-state index is 5.23. The van der Waals surface area contributed by atoms with Gasteiger partial charge in [0.15, 0.2) is 5.13 Å². The Kier molecular flexibility index (Phi) is 6.17. The third kappa shape index (κ3) is 4.51. The lowest BCUT2D eigenvalue weighted by Gasteiger charge is -2.15. The van der Waals surface area contributed by atoms with Gasteiger partial charge in [-0.1, -0.05) is 28.1 Å². The summed E-state index contributed by atoms with van der Waals surface area (Å²) < 4.78 is 6.33. The molecule has 0 saturated carbocycles. The molecule has 0 aliphatic rings. The Morgan fingerprint density at radius 2 is 2.24 bits per heavy atom. The van der Waals surface area contributed by atoms with E-state index in [2.05, 4.69) is 51.4 Å². The molecule has 0 spiro atoms. The second-order valence-electron chi connectivity index (χ2n) is 4.82. The predicted molar refractivity (Wildman–Crippen MR) is 91.8 cm³/mol. The molecule has 0 amide bonds. The summed E-state index contributed by atoms with van der Waals surface area (Å²) in [5.74, 6) is 0. The molecule has 6 heteroatoms. The maximum Gasteiger partial charge on any atom is 0.185 e. The fourth-order valence-electron chi connectivity index (χ4n) is 2.06. The quantitative estimate of drug-likeness (QED) is 0.811. The predicted octanol–water partition coefficient (Wildman–Crippen LogP) is 3.41. The maximum absolute atomic E-state index is 5.23. The van der Waals surface area contributed by atoms with E-state index in [1.807, 2.05) is 13.1 Å². The molecular weight excluding hydrogens is 350 g/mol. The lowest BCUT2D eigenvalue weighted by atomic mass is 10.2. The molecule has 4 nitrogen and oxygen atoms in total. The van der Waals surface area contributed by atoms with Gasteiger partial charge in [-0.3, -0.25) is 0 Å². The lowest BCUT2D eigenvalue weighted by molar-refractivity contribution is 0.181. The summed E-state index contributed by atoms with van der Waals surface area (Å²) in [6.45, 7) is 2.21. The number of rotatable bonds is 7. The van der Waals surface area contributed by atoms with Gasteiger partial charge in [-0.05, 0) is 24.7 Å². The lowest BCUT2D eigenvalue weighted by Crippen LogP contribution is -2.16. The van der Waals surface area contributed by atoms with Crippen molar-refractivity contribution >= 4 is 32.4 Å². The van der Waals surface area contributed by atoms with E-state index in [0.29, 0.717) is 6.61 Å². The standard InChI is InChI=1S/C15H20BrN3OS/c1-17-8-14-13(10-20-3)18-15(21-14)19(2)9-11-5-4-6-12(16)7-11/h4-7,17H,8-10H2,1-3H3. The van der Waals surface area contributed by atoms with Crippen LogP contribution in [0.15, 0.2) is 28.7 Å². The molecule has 0 radical (unpaired) electrons. The number of thiazole rings is 1. The van der Waals surface area contributed by atoms with E-state index in [0.717, 1.165) is 28.4 Å². The van der Waals surface area contributed by atoms with Crippen LogP contribution < -0.4 is 10.2 Å². The number of hydrogen-bond acceptors (Lipinski definition) is 5. The largest absolute Gasteiger partial charge is 0.378 e. The molecule has 1 aromatic heterocycles. The molecule has 1 heterocycles. The molecule has 0 unspecified atom stereocenters. The summed E-state index contributed by atoms with van der Waals surface area (Å²) in [4.78, 5) is 8.11. The highest BCUT2D eigenvalue weighted by Gasteiger charge is 2.13. The first-order valence-electron chi connectivity index (χ1n) is 6.71. The monoisotopic (exact) mass is 369 g/mol. The number of nitrogens with one attached hydrogen (secondary N) is 1. The number of halogens is 1. The Morgan fingerprint density at radius 3 is 2.90 bits per heavy atom. The van der Waals surface area contributed by atoms with Crippen molar-refractivity contribution in [1.29, 1.82) is 0 Å². The highest BCUT2D eigenvalue weighted by atomic mass is 79.9. The van der Waals surface area contributed by atoms with Gasteiger partial charge < -0.3 is 15.0 Å². The van der Waals surface area contributed by atoms with E-state index in [9.17, 15) is 0 Å². The molecular formula is C15H20BrN3OS. The minimum absolute atomic E-state index is 0.554. The van der Waals surface area contributed by atoms with Gasteiger partial charge in [0, 0.05) is 36.6 Å². The van der Waals surface area contributed by atoms with Gasteiger partial charge in [-0.15, -0.1) is 11.3 Å². The van der Waals surface area contributed by atoms with Crippen molar-refractivity contribution in [2.24, 2.45) is 0 Å². The van der Waals surface area contributed by atoms with Crippen LogP contribution >= 0.6 is 27.3 Å². The fourth-order valence-corrected chi connectivity index (χ4v) is 3.54. The molecule has 2 aromatic rings. The summed E-state index contributed by atoms with van der Waals surface area (Å²) in [5.41, 5.74) is 2.28. The SMILES string of the molecule is CNCc1sc(N(C)Cc2cccc(Br)c2)nc1COC. The van der Waals surface area contributed by atoms with E-state index in [1.54, 1.807) is 18.4 Å². The number of aromatic nitrogens is 1. The van der Waals surface area contributed by atoms with Gasteiger partial charge in [0.2, 0.25) is 0 Å². The van der Waals surface area contributed by atoms with E-state index in [1.165, 1.54) is 10.4 Å². The molecule has 0 aliphatic carbocycles. The fraction of sp³-hybridized carbons (Fsp3) is 0.400. The summed E-state index contributed by atoms with van der Waals surface area (Å²) in [7, 11) is 5.72. The molecule has 2 rings (SSSR count). The van der Waals surface area contributed by atoms with E-state index in [-0.39, 0.29) is 0 Å². The minimum Gasteiger partial charge on any atom is -0.378 e. The van der Waals surface area contributed by atoms with Crippen LogP contribution in [0.5, 0.6) is 0 Å². The Morgan fingerprint density at radius 1 is 1.43 bits per heavy atom. The zero-order valence-corrected chi connectivity index (χ0v) is 14.9. The summed E-state index contributed by atoms with van der Waals surface area (Å²) >= 11 is 5.22. The van der Waals surface area contributed by atoms with Crippen molar-refractivity contribution in [2.45, 2.75) is 19.7 Å². The number of nitrogens with zero attached hydrogens (tertiary/aromatic N) is 2. The Balaban J connectivity index is 2.14. The second-order valence-corrected chi connectivity index (χ2v) is 6.79. The number of benzene rings is 1. The second kappa shape index (κ2) is 7.89. The molecule has 0 bridgehead atoms. The van der Waals surface area contributed by atoms with Crippen molar-refractivity contribution in [1.82, 2.24) is 10.3 Å². The third-order valence-corrected chi connectivity index (χ3v) is 4.73. The number of hydrogen-bond donors (Lipinski definition) is 1. The van der Waals surface area contributed by atoms with Crippen molar-refractivity contribution in [3.63, 3.8) is 0 Å². The molecule has 0 fully saturated rings. The summed E-state index contributed by atoms with van der Waals surface area (Å²) in [6, 6.07) is 8.35. The smallest absolute Gasteiger partial charge is 0.185 e. The van der Waals surface area contributed by atoms with Gasteiger partial charge in [0.05, 0.1) is 12.3 Å². The van der Waals surface area contributed by atoms with Crippen molar-refractivity contribution in [3.8, 4) is 0 Å². The number of anilines is 1. The van der Waals surface area contributed by atoms with Crippen LogP contribution in [0.4, 0.5) is 5.13 Å². The first-order chi connectivity index (χ1) is 10.1. The van der Waals surface area contributed by atoms with Gasteiger partial charge in [-0.25, -0.2) is 4.98 Å². The zero-order valence-electron chi connectivity index (χ0n) is 12.5. The van der Waals surface area contributed by atoms with E-state index < -0.39 is 0 Å². The molecule has 1 aromatic carbocycles. The number of methoxy groups -OCH3 is 1. The van der Waals surface area contributed by atoms with Crippen molar-refractivity contribution in [2.75, 3.05) is 26.1 Å². The van der Waals surface area contributed by atoms with Gasteiger partial charge >= 0.3 is 0 Å². The topological polar surface area (TPSA) is 37.4 Å². The van der Waals surface area contributed by atoms with Crippen LogP contribution in [-0.2, 0) is 24.4 Å².